The molecular weight excluding hydrogens is 389 g/mol. The summed E-state index contributed by atoms with van der Waals surface area (Å²) < 4.78 is 25.2. The highest BCUT2D eigenvalue weighted by molar-refractivity contribution is 5.51. The Bertz CT molecular complexity index is 960. The summed E-state index contributed by atoms with van der Waals surface area (Å²) in [5, 5.41) is 0. The number of methoxy groups -OCH3 is 2. The lowest BCUT2D eigenvalue weighted by molar-refractivity contribution is 0.234. The maximum absolute atomic E-state index is 14.1. The van der Waals surface area contributed by atoms with Crippen LogP contribution in [0.25, 0.3) is 0 Å². The van der Waals surface area contributed by atoms with Crippen LogP contribution >= 0.6 is 0 Å². The molecule has 0 bridgehead atoms. The number of fused-ring (bicyclic) bond motifs is 1. The van der Waals surface area contributed by atoms with E-state index >= 15 is 0 Å². The molecule has 2 aromatic rings. The van der Waals surface area contributed by atoms with Gasteiger partial charge in [0.25, 0.3) is 0 Å². The molecule has 0 saturated heterocycles. The number of allylic oxidation sites excluding steroid dienone is 3. The fraction of sp³-hybridized carbons (Fsp3) is 0.407. The second kappa shape index (κ2) is 10.6. The monoisotopic (exact) mass is 423 g/mol. The first kappa shape index (κ1) is 23.1. The smallest absolute Gasteiger partial charge is 0.161 e. The summed E-state index contributed by atoms with van der Waals surface area (Å²) in [4.78, 5) is 2.42. The van der Waals surface area contributed by atoms with Crippen LogP contribution in [0, 0.1) is 5.82 Å². The van der Waals surface area contributed by atoms with Crippen LogP contribution in [0.5, 0.6) is 11.5 Å². The molecule has 2 aromatic carbocycles. The Labute approximate surface area is 186 Å². The van der Waals surface area contributed by atoms with Gasteiger partial charge in [0.2, 0.25) is 0 Å². The first-order valence-electron chi connectivity index (χ1n) is 11.0. The molecule has 0 amide bonds. The first-order chi connectivity index (χ1) is 14.9. The molecule has 4 heteroatoms. The van der Waals surface area contributed by atoms with Gasteiger partial charge in [-0.15, -0.1) is 0 Å². The summed E-state index contributed by atoms with van der Waals surface area (Å²) in [6.45, 7) is 8.20. The van der Waals surface area contributed by atoms with Crippen LogP contribution in [-0.2, 0) is 6.42 Å². The van der Waals surface area contributed by atoms with Crippen molar-refractivity contribution in [1.29, 1.82) is 0 Å². The van der Waals surface area contributed by atoms with Gasteiger partial charge in [-0.1, -0.05) is 35.4 Å². The van der Waals surface area contributed by atoms with E-state index in [0.29, 0.717) is 5.75 Å². The van der Waals surface area contributed by atoms with Gasteiger partial charge in [0.15, 0.2) is 11.5 Å². The molecule has 1 aliphatic heterocycles. The van der Waals surface area contributed by atoms with Gasteiger partial charge in [-0.05, 0) is 81.0 Å². The van der Waals surface area contributed by atoms with Crippen LogP contribution in [0.1, 0.15) is 56.3 Å². The molecular formula is C27H34FNO2. The Balaban J connectivity index is 1.94. The fourth-order valence-electron chi connectivity index (χ4n) is 4.23. The molecule has 1 aliphatic rings. The van der Waals surface area contributed by atoms with Gasteiger partial charge in [0.1, 0.15) is 5.82 Å². The number of nitrogens with zero attached hydrogens (tertiary/aromatic N) is 1. The number of ether oxygens (including phenoxy) is 2. The van der Waals surface area contributed by atoms with E-state index in [4.69, 9.17) is 9.47 Å². The average molecular weight is 424 g/mol. The largest absolute Gasteiger partial charge is 0.493 e. The molecule has 0 aliphatic carbocycles. The van der Waals surface area contributed by atoms with Gasteiger partial charge >= 0.3 is 0 Å². The Hall–Kier alpha value is -2.59. The molecule has 0 saturated carbocycles. The summed E-state index contributed by atoms with van der Waals surface area (Å²) in [5.74, 6) is 1.24. The normalized spacial score (nSPS) is 16.6. The SMILES string of the molecule is COc1cc2c(cc1OC)C(c1cccc(F)c1)N(C/C=C(\C)CCC=C(C)C)CC2. The van der Waals surface area contributed by atoms with E-state index in [9.17, 15) is 4.39 Å². The van der Waals surface area contributed by atoms with Crippen LogP contribution < -0.4 is 9.47 Å². The number of hydrogen-bond donors (Lipinski definition) is 0. The molecule has 3 nitrogen and oxygen atoms in total. The lowest BCUT2D eigenvalue weighted by Crippen LogP contribution is -2.36. The minimum absolute atomic E-state index is 0.0268. The van der Waals surface area contributed by atoms with Crippen molar-refractivity contribution in [2.45, 2.75) is 46.1 Å². The van der Waals surface area contributed by atoms with Crippen molar-refractivity contribution in [1.82, 2.24) is 4.90 Å². The van der Waals surface area contributed by atoms with Crippen molar-refractivity contribution in [3.05, 3.63) is 82.2 Å². The van der Waals surface area contributed by atoms with Gasteiger partial charge in [-0.2, -0.15) is 0 Å². The molecule has 0 radical (unpaired) electrons. The number of halogens is 1. The molecule has 1 heterocycles. The summed E-state index contributed by atoms with van der Waals surface area (Å²) in [5.41, 5.74) is 6.09. The third kappa shape index (κ3) is 5.76. The van der Waals surface area contributed by atoms with Crippen molar-refractivity contribution in [3.63, 3.8) is 0 Å². The molecule has 166 valence electrons. The Morgan fingerprint density at radius 3 is 2.48 bits per heavy atom. The Morgan fingerprint density at radius 2 is 1.81 bits per heavy atom. The van der Waals surface area contributed by atoms with Crippen molar-refractivity contribution in [2.75, 3.05) is 27.3 Å². The zero-order chi connectivity index (χ0) is 22.4. The van der Waals surface area contributed by atoms with Crippen LogP contribution in [-0.4, -0.2) is 32.2 Å². The van der Waals surface area contributed by atoms with E-state index < -0.39 is 0 Å². The lowest BCUT2D eigenvalue weighted by Gasteiger charge is -2.37. The highest BCUT2D eigenvalue weighted by Crippen LogP contribution is 2.41. The van der Waals surface area contributed by atoms with Crippen molar-refractivity contribution < 1.29 is 13.9 Å². The highest BCUT2D eigenvalue weighted by Gasteiger charge is 2.30. The minimum Gasteiger partial charge on any atom is -0.493 e. The lowest BCUT2D eigenvalue weighted by atomic mass is 9.87. The summed E-state index contributed by atoms with van der Waals surface area (Å²) >= 11 is 0. The molecule has 3 rings (SSSR count). The molecule has 0 N–H and O–H groups in total. The molecule has 0 aromatic heterocycles. The van der Waals surface area contributed by atoms with E-state index in [1.54, 1.807) is 26.4 Å². The van der Waals surface area contributed by atoms with Gasteiger partial charge in [-0.3, -0.25) is 4.90 Å². The first-order valence-corrected chi connectivity index (χ1v) is 11.0. The molecule has 1 atom stereocenters. The van der Waals surface area contributed by atoms with Crippen LogP contribution in [0.2, 0.25) is 0 Å². The zero-order valence-electron chi connectivity index (χ0n) is 19.4. The summed E-state index contributed by atoms with van der Waals surface area (Å²) in [6.07, 6.45) is 7.65. The number of hydrogen-bond acceptors (Lipinski definition) is 3. The number of benzene rings is 2. The Kier molecular flexibility index (Phi) is 7.91. The quantitative estimate of drug-likeness (QED) is 0.453. The van der Waals surface area contributed by atoms with Crippen LogP contribution in [0.4, 0.5) is 4.39 Å². The standard InChI is InChI=1S/C27H34FNO2/c1-19(2)8-6-9-20(3)12-14-29-15-13-21-17-25(30-4)26(31-5)18-24(21)27(29)22-10-7-11-23(28)16-22/h7-8,10-12,16-18,27H,6,9,13-15H2,1-5H3/b20-12+. The van der Waals surface area contributed by atoms with Gasteiger partial charge in [0.05, 0.1) is 20.3 Å². The fourth-order valence-corrected chi connectivity index (χ4v) is 4.23. The van der Waals surface area contributed by atoms with Gasteiger partial charge < -0.3 is 9.47 Å². The van der Waals surface area contributed by atoms with Gasteiger partial charge in [-0.25, -0.2) is 4.39 Å². The topological polar surface area (TPSA) is 21.7 Å². The van der Waals surface area contributed by atoms with E-state index in [1.807, 2.05) is 6.07 Å². The Morgan fingerprint density at radius 1 is 1.06 bits per heavy atom. The maximum Gasteiger partial charge on any atom is 0.161 e. The van der Waals surface area contributed by atoms with Crippen molar-refractivity contribution >= 4 is 0 Å². The van der Waals surface area contributed by atoms with E-state index in [1.165, 1.54) is 22.8 Å². The molecule has 1 unspecified atom stereocenters. The minimum atomic E-state index is -0.210. The third-order valence-corrected chi connectivity index (χ3v) is 5.90. The van der Waals surface area contributed by atoms with Crippen molar-refractivity contribution in [2.24, 2.45) is 0 Å². The second-order valence-corrected chi connectivity index (χ2v) is 8.48. The number of rotatable bonds is 8. The zero-order valence-corrected chi connectivity index (χ0v) is 19.4. The van der Waals surface area contributed by atoms with E-state index in [0.717, 1.165) is 49.2 Å². The second-order valence-electron chi connectivity index (χ2n) is 8.48. The van der Waals surface area contributed by atoms with E-state index in [2.05, 4.69) is 50.0 Å². The molecule has 31 heavy (non-hydrogen) atoms. The molecule has 0 fully saturated rings. The predicted molar refractivity (Wildman–Crippen MR) is 125 cm³/mol. The predicted octanol–water partition coefficient (Wildman–Crippen LogP) is 6.48. The maximum atomic E-state index is 14.1. The van der Waals surface area contributed by atoms with Gasteiger partial charge in [0, 0.05) is 13.1 Å². The third-order valence-electron chi connectivity index (χ3n) is 5.90. The van der Waals surface area contributed by atoms with Crippen LogP contribution in [0.15, 0.2) is 59.7 Å². The average Bonchev–Trinajstić information content (AvgIpc) is 2.75. The van der Waals surface area contributed by atoms with Crippen LogP contribution in [0.3, 0.4) is 0 Å². The molecule has 0 spiro atoms. The summed E-state index contributed by atoms with van der Waals surface area (Å²) in [7, 11) is 3.31. The van der Waals surface area contributed by atoms with E-state index in [-0.39, 0.29) is 11.9 Å². The van der Waals surface area contributed by atoms with Crippen molar-refractivity contribution in [3.8, 4) is 11.5 Å². The highest BCUT2D eigenvalue weighted by atomic mass is 19.1. The summed E-state index contributed by atoms with van der Waals surface area (Å²) in [6, 6.07) is 11.0.